The highest BCUT2D eigenvalue weighted by molar-refractivity contribution is 8.18. The highest BCUT2D eigenvalue weighted by Gasteiger charge is 2.53. The highest BCUT2D eigenvalue weighted by atomic mass is 35.5. The van der Waals surface area contributed by atoms with E-state index in [0.717, 1.165) is 22.0 Å². The quantitative estimate of drug-likeness (QED) is 0.462. The van der Waals surface area contributed by atoms with Crippen molar-refractivity contribution in [2.45, 2.75) is 32.4 Å². The Morgan fingerprint density at radius 3 is 2.11 bits per heavy atom. The van der Waals surface area contributed by atoms with Gasteiger partial charge in [0.05, 0.1) is 12.6 Å². The number of fused-ring (bicyclic) bond motifs is 1. The normalized spacial score (nSPS) is 21.1. The number of amidine groups is 1. The molecule has 0 spiro atoms. The molecule has 2 unspecified atom stereocenters. The SMILES string of the molecule is CC(C)C1=C(C(=O)N(C)CC(=O)N(C)C)SC2=NC(C)(c3ccc(Cl)cc3)C(c3ccc(Cl)cc3)N21. The van der Waals surface area contributed by atoms with Gasteiger partial charge >= 0.3 is 0 Å². The Labute approximate surface area is 226 Å². The lowest BCUT2D eigenvalue weighted by atomic mass is 9.81. The predicted octanol–water partition coefficient (Wildman–Crippen LogP) is 5.78. The first kappa shape index (κ1) is 26.6. The molecule has 0 bridgehead atoms. The molecule has 0 aromatic heterocycles. The van der Waals surface area contributed by atoms with E-state index in [9.17, 15) is 9.59 Å². The molecule has 0 fully saturated rings. The van der Waals surface area contributed by atoms with Crippen molar-refractivity contribution in [3.05, 3.63) is 80.3 Å². The zero-order valence-electron chi connectivity index (χ0n) is 21.3. The Kier molecular flexibility index (Phi) is 7.47. The first-order chi connectivity index (χ1) is 16.9. The monoisotopic (exact) mass is 544 g/mol. The van der Waals surface area contributed by atoms with E-state index in [0.29, 0.717) is 15.0 Å². The number of nitrogens with zero attached hydrogens (tertiary/aromatic N) is 4. The minimum absolute atomic E-state index is 0.0108. The minimum Gasteiger partial charge on any atom is -0.347 e. The standard InChI is InChI=1S/C27H30Cl2N4O2S/c1-16(2)22-23(25(35)32(6)15-21(34)31(4)5)36-26-30-27(3,18-9-13-20(29)14-10-18)24(33(22)26)17-7-11-19(28)12-8-17/h7-14,16,24H,15H2,1-6H3. The highest BCUT2D eigenvalue weighted by Crippen LogP contribution is 2.56. The minimum atomic E-state index is -0.623. The molecule has 2 amide bonds. The molecular formula is C27H30Cl2N4O2S. The molecule has 0 saturated heterocycles. The van der Waals surface area contributed by atoms with Gasteiger partial charge in [0.2, 0.25) is 5.91 Å². The van der Waals surface area contributed by atoms with E-state index in [4.69, 9.17) is 28.2 Å². The number of carbonyl (C=O) groups is 2. The summed E-state index contributed by atoms with van der Waals surface area (Å²) >= 11 is 13.8. The molecule has 9 heteroatoms. The van der Waals surface area contributed by atoms with E-state index in [-0.39, 0.29) is 30.3 Å². The van der Waals surface area contributed by atoms with Gasteiger partial charge in [0.15, 0.2) is 5.17 Å². The van der Waals surface area contributed by atoms with Crippen LogP contribution in [0.3, 0.4) is 0 Å². The first-order valence-corrected chi connectivity index (χ1v) is 13.3. The molecule has 6 nitrogen and oxygen atoms in total. The average molecular weight is 546 g/mol. The number of rotatable bonds is 6. The Bertz CT molecular complexity index is 1240. The molecule has 0 N–H and O–H groups in total. The Morgan fingerprint density at radius 2 is 1.58 bits per heavy atom. The van der Waals surface area contributed by atoms with Gasteiger partial charge in [0.1, 0.15) is 10.4 Å². The summed E-state index contributed by atoms with van der Waals surface area (Å²) in [6.45, 7) is 6.28. The second-order valence-corrected chi connectivity index (χ2v) is 11.6. The van der Waals surface area contributed by atoms with Crippen LogP contribution < -0.4 is 0 Å². The zero-order chi connectivity index (χ0) is 26.4. The second kappa shape index (κ2) is 10.1. The summed E-state index contributed by atoms with van der Waals surface area (Å²) < 4.78 is 0. The molecular weight excluding hydrogens is 515 g/mol. The number of thioether (sulfide) groups is 1. The number of likely N-dealkylation sites (N-methyl/N-ethyl adjacent to an activating group) is 2. The van der Waals surface area contributed by atoms with E-state index in [2.05, 4.69) is 25.7 Å². The summed E-state index contributed by atoms with van der Waals surface area (Å²) in [5.41, 5.74) is 2.35. The van der Waals surface area contributed by atoms with Crippen molar-refractivity contribution in [3.63, 3.8) is 0 Å². The van der Waals surface area contributed by atoms with Gasteiger partial charge in [-0.2, -0.15) is 0 Å². The molecule has 2 aliphatic heterocycles. The van der Waals surface area contributed by atoms with E-state index < -0.39 is 5.54 Å². The maximum atomic E-state index is 13.6. The Morgan fingerprint density at radius 1 is 1.03 bits per heavy atom. The molecule has 0 saturated carbocycles. The van der Waals surface area contributed by atoms with Crippen LogP contribution >= 0.6 is 35.0 Å². The zero-order valence-corrected chi connectivity index (χ0v) is 23.6. The van der Waals surface area contributed by atoms with Gasteiger partial charge in [-0.3, -0.25) is 9.59 Å². The van der Waals surface area contributed by atoms with Gasteiger partial charge in [-0.15, -0.1) is 0 Å². The first-order valence-electron chi connectivity index (χ1n) is 11.7. The number of carbonyl (C=O) groups excluding carboxylic acids is 2. The maximum Gasteiger partial charge on any atom is 0.262 e. The van der Waals surface area contributed by atoms with Crippen molar-refractivity contribution in [2.24, 2.45) is 10.9 Å². The predicted molar refractivity (Wildman–Crippen MR) is 148 cm³/mol. The largest absolute Gasteiger partial charge is 0.347 e. The van der Waals surface area contributed by atoms with E-state index in [1.54, 1.807) is 21.1 Å². The topological polar surface area (TPSA) is 56.2 Å². The fourth-order valence-electron chi connectivity index (χ4n) is 4.65. The van der Waals surface area contributed by atoms with Crippen molar-refractivity contribution in [3.8, 4) is 0 Å². The van der Waals surface area contributed by atoms with Crippen LogP contribution in [0.2, 0.25) is 10.0 Å². The van der Waals surface area contributed by atoms with E-state index >= 15 is 0 Å². The van der Waals surface area contributed by atoms with E-state index in [1.807, 2.05) is 48.5 Å². The molecule has 36 heavy (non-hydrogen) atoms. The van der Waals surface area contributed by atoms with Gasteiger partial charge < -0.3 is 14.7 Å². The van der Waals surface area contributed by atoms with Gasteiger partial charge in [-0.25, -0.2) is 4.99 Å². The fraction of sp³-hybridized carbons (Fsp3) is 0.370. The van der Waals surface area contributed by atoms with Crippen molar-refractivity contribution in [1.82, 2.24) is 14.7 Å². The summed E-state index contributed by atoms with van der Waals surface area (Å²) in [7, 11) is 5.03. The summed E-state index contributed by atoms with van der Waals surface area (Å²) in [4.78, 5) is 36.8. The van der Waals surface area contributed by atoms with Gasteiger partial charge in [0, 0.05) is 36.9 Å². The molecule has 2 aromatic carbocycles. The van der Waals surface area contributed by atoms with Crippen LogP contribution in [0.5, 0.6) is 0 Å². The molecule has 2 heterocycles. The fourth-order valence-corrected chi connectivity index (χ4v) is 6.31. The second-order valence-electron chi connectivity index (χ2n) is 9.79. The number of amides is 2. The van der Waals surface area contributed by atoms with Crippen LogP contribution in [-0.2, 0) is 15.1 Å². The molecule has 190 valence electrons. The average Bonchev–Trinajstić information content (AvgIpc) is 3.32. The van der Waals surface area contributed by atoms with Crippen LogP contribution in [-0.4, -0.2) is 59.4 Å². The lowest BCUT2D eigenvalue weighted by molar-refractivity contribution is -0.135. The van der Waals surface area contributed by atoms with E-state index in [1.165, 1.54) is 21.6 Å². The van der Waals surface area contributed by atoms with Crippen LogP contribution in [0.4, 0.5) is 0 Å². The Balaban J connectivity index is 1.81. The molecule has 0 radical (unpaired) electrons. The number of hydrogen-bond donors (Lipinski definition) is 0. The van der Waals surface area contributed by atoms with Crippen molar-refractivity contribution in [1.29, 1.82) is 0 Å². The number of hydrogen-bond acceptors (Lipinski definition) is 5. The number of aliphatic imine (C=N–C) groups is 1. The van der Waals surface area contributed by atoms with Crippen molar-refractivity contribution in [2.75, 3.05) is 27.7 Å². The summed E-state index contributed by atoms with van der Waals surface area (Å²) in [6.07, 6.45) is 0. The van der Waals surface area contributed by atoms with Crippen LogP contribution in [0.1, 0.15) is 37.9 Å². The Hall–Kier alpha value is -2.48. The number of allylic oxidation sites excluding steroid dienone is 1. The molecule has 4 rings (SSSR count). The van der Waals surface area contributed by atoms with Crippen LogP contribution in [0, 0.1) is 5.92 Å². The van der Waals surface area contributed by atoms with Gasteiger partial charge in [-0.05, 0) is 60.0 Å². The molecule has 0 aliphatic carbocycles. The summed E-state index contributed by atoms with van der Waals surface area (Å²) in [5.74, 6) is -0.267. The van der Waals surface area contributed by atoms with Crippen molar-refractivity contribution >= 4 is 51.9 Å². The maximum absolute atomic E-state index is 13.6. The lowest BCUT2D eigenvalue weighted by Crippen LogP contribution is -2.39. The smallest absolute Gasteiger partial charge is 0.262 e. The number of benzene rings is 2. The van der Waals surface area contributed by atoms with Crippen LogP contribution in [0.15, 0.2) is 64.1 Å². The third kappa shape index (κ3) is 4.76. The third-order valence-electron chi connectivity index (χ3n) is 6.58. The molecule has 2 aliphatic rings. The van der Waals surface area contributed by atoms with Crippen molar-refractivity contribution < 1.29 is 9.59 Å². The van der Waals surface area contributed by atoms with Gasteiger partial charge in [-0.1, -0.05) is 61.3 Å². The van der Waals surface area contributed by atoms with Gasteiger partial charge in [0.25, 0.3) is 5.91 Å². The molecule has 2 aromatic rings. The summed E-state index contributed by atoms with van der Waals surface area (Å²) in [5, 5.41) is 2.09. The molecule has 2 atom stereocenters. The third-order valence-corrected chi connectivity index (χ3v) is 8.15. The van der Waals surface area contributed by atoms with Crippen LogP contribution in [0.25, 0.3) is 0 Å². The lowest BCUT2D eigenvalue weighted by Gasteiger charge is -2.37. The number of halogens is 2. The summed E-state index contributed by atoms with van der Waals surface area (Å²) in [6, 6.07) is 15.4.